The molecule has 0 saturated carbocycles. The molecule has 0 N–H and O–H groups in total. The lowest BCUT2D eigenvalue weighted by Gasteiger charge is -2.35. The molecule has 0 aliphatic carbocycles. The Hall–Kier alpha value is -3.46. The molecule has 0 fully saturated rings. The Kier molecular flexibility index (Phi) is 6.88. The third kappa shape index (κ3) is 4.54. The molecule has 0 spiro atoms. The van der Waals surface area contributed by atoms with Crippen LogP contribution in [0.5, 0.6) is 0 Å². The lowest BCUT2D eigenvalue weighted by atomic mass is 9.77. The molecule has 0 amide bonds. The third-order valence-corrected chi connectivity index (χ3v) is 6.44. The van der Waals surface area contributed by atoms with E-state index in [4.69, 9.17) is 10.1 Å². The van der Waals surface area contributed by atoms with Crippen LogP contribution in [0.1, 0.15) is 50.2 Å². The van der Waals surface area contributed by atoms with Gasteiger partial charge in [0.1, 0.15) is 11.9 Å². The quantitative estimate of drug-likeness (QED) is 0.277. The maximum absolute atomic E-state index is 5.02. The van der Waals surface area contributed by atoms with Gasteiger partial charge >= 0.3 is 0 Å². The molecule has 1 aromatic heterocycles. The minimum Gasteiger partial charge on any atom is -0.233 e. The van der Waals surface area contributed by atoms with Crippen LogP contribution in [-0.4, -0.2) is 14.8 Å². The topological polar surface area (TPSA) is 30.7 Å². The van der Waals surface area contributed by atoms with E-state index >= 15 is 0 Å². The van der Waals surface area contributed by atoms with Gasteiger partial charge in [0.15, 0.2) is 5.82 Å². The monoisotopic (exact) mass is 435 g/mol. The van der Waals surface area contributed by atoms with Gasteiger partial charge in [-0.15, -0.1) is 0 Å². The van der Waals surface area contributed by atoms with Gasteiger partial charge in [-0.25, -0.2) is 9.67 Å². The summed E-state index contributed by atoms with van der Waals surface area (Å²) in [5.74, 6) is 2.35. The highest BCUT2D eigenvalue weighted by molar-refractivity contribution is 5.50. The molecule has 3 heteroatoms. The first kappa shape index (κ1) is 22.7. The zero-order valence-electron chi connectivity index (χ0n) is 20.0. The van der Waals surface area contributed by atoms with Gasteiger partial charge in [-0.2, -0.15) is 5.10 Å². The van der Waals surface area contributed by atoms with Gasteiger partial charge in [-0.3, -0.25) is 0 Å². The predicted octanol–water partition coefficient (Wildman–Crippen LogP) is 7.06. The van der Waals surface area contributed by atoms with E-state index in [2.05, 4.69) is 131 Å². The van der Waals surface area contributed by atoms with Crippen molar-refractivity contribution in [3.63, 3.8) is 0 Å². The average Bonchev–Trinajstić information content (AvgIpc) is 3.30. The molecule has 3 aromatic carbocycles. The fraction of sp³-hybridized carbons (Fsp3) is 0.267. The summed E-state index contributed by atoms with van der Waals surface area (Å²) in [6.45, 7) is 9.08. The first-order valence-electron chi connectivity index (χ1n) is 11.8. The van der Waals surface area contributed by atoms with Gasteiger partial charge < -0.3 is 0 Å². The van der Waals surface area contributed by atoms with Crippen molar-refractivity contribution in [2.45, 2.75) is 33.2 Å². The summed E-state index contributed by atoms with van der Waals surface area (Å²) in [4.78, 5) is 4.71. The zero-order valence-corrected chi connectivity index (χ0v) is 20.0. The van der Waals surface area contributed by atoms with Gasteiger partial charge in [0.25, 0.3) is 0 Å². The zero-order chi connectivity index (χ0) is 23.3. The Morgan fingerprint density at radius 2 is 1.09 bits per heavy atom. The summed E-state index contributed by atoms with van der Waals surface area (Å²) >= 11 is 0. The summed E-state index contributed by atoms with van der Waals surface area (Å²) in [6, 6.07) is 31.7. The highest BCUT2D eigenvalue weighted by Gasteiger charge is 2.39. The van der Waals surface area contributed by atoms with E-state index < -0.39 is 5.54 Å². The van der Waals surface area contributed by atoms with Crippen LogP contribution >= 0.6 is 0 Å². The van der Waals surface area contributed by atoms with Crippen molar-refractivity contribution in [1.82, 2.24) is 14.8 Å². The number of aromatic nitrogens is 3. The smallest absolute Gasteiger partial charge is 0.173 e. The van der Waals surface area contributed by atoms with Crippen molar-refractivity contribution in [3.8, 4) is 0 Å². The second-order valence-electron chi connectivity index (χ2n) is 9.28. The van der Waals surface area contributed by atoms with Crippen LogP contribution in [0.25, 0.3) is 6.08 Å². The van der Waals surface area contributed by atoms with E-state index in [1.54, 1.807) is 0 Å². The molecule has 4 rings (SSSR count). The Morgan fingerprint density at radius 3 is 1.48 bits per heavy atom. The van der Waals surface area contributed by atoms with Gasteiger partial charge in [-0.1, -0.05) is 125 Å². The molecule has 4 aromatic rings. The third-order valence-electron chi connectivity index (χ3n) is 6.44. The summed E-state index contributed by atoms with van der Waals surface area (Å²) in [5, 5.41) is 5.02. The molecule has 1 heterocycles. The highest BCUT2D eigenvalue weighted by atomic mass is 15.4. The Balaban J connectivity index is 1.90. The molecule has 0 bridgehead atoms. The molecule has 0 aliphatic rings. The van der Waals surface area contributed by atoms with Gasteiger partial charge in [0, 0.05) is 0 Å². The molecule has 0 unspecified atom stereocenters. The molecule has 33 heavy (non-hydrogen) atoms. The van der Waals surface area contributed by atoms with Crippen LogP contribution in [0.2, 0.25) is 0 Å². The summed E-state index contributed by atoms with van der Waals surface area (Å²) < 4.78 is 2.02. The SMILES string of the molecule is CC(C)C(C=Cc1ncn(C(c2ccccc2)(c2ccccc2)c2ccccc2)n1)C(C)C. The fourth-order valence-electron chi connectivity index (χ4n) is 4.86. The molecule has 168 valence electrons. The van der Waals surface area contributed by atoms with Crippen LogP contribution in [0.4, 0.5) is 0 Å². The van der Waals surface area contributed by atoms with Crippen molar-refractivity contribution in [1.29, 1.82) is 0 Å². The maximum Gasteiger partial charge on any atom is 0.173 e. The van der Waals surface area contributed by atoms with E-state index in [0.29, 0.717) is 17.8 Å². The highest BCUT2D eigenvalue weighted by Crippen LogP contribution is 2.40. The van der Waals surface area contributed by atoms with E-state index in [9.17, 15) is 0 Å². The van der Waals surface area contributed by atoms with Crippen LogP contribution in [0.15, 0.2) is 103 Å². The van der Waals surface area contributed by atoms with Crippen molar-refractivity contribution >= 4 is 6.08 Å². The summed E-state index contributed by atoms with van der Waals surface area (Å²) in [5.41, 5.74) is 2.80. The molecular formula is C30H33N3. The lowest BCUT2D eigenvalue weighted by Crippen LogP contribution is -2.38. The average molecular weight is 436 g/mol. The normalized spacial score (nSPS) is 12.3. The van der Waals surface area contributed by atoms with Crippen molar-refractivity contribution < 1.29 is 0 Å². The van der Waals surface area contributed by atoms with Crippen LogP contribution in [0, 0.1) is 17.8 Å². The Morgan fingerprint density at radius 1 is 0.667 bits per heavy atom. The van der Waals surface area contributed by atoms with Crippen LogP contribution < -0.4 is 0 Å². The fourth-order valence-corrected chi connectivity index (χ4v) is 4.86. The Bertz CT molecular complexity index is 1050. The molecular weight excluding hydrogens is 402 g/mol. The second-order valence-corrected chi connectivity index (χ2v) is 9.28. The van der Waals surface area contributed by atoms with Crippen molar-refractivity contribution in [2.24, 2.45) is 17.8 Å². The molecule has 0 aliphatic heterocycles. The number of hydrogen-bond donors (Lipinski definition) is 0. The first-order valence-corrected chi connectivity index (χ1v) is 11.8. The predicted molar refractivity (Wildman–Crippen MR) is 137 cm³/mol. The van der Waals surface area contributed by atoms with E-state index in [1.165, 1.54) is 0 Å². The van der Waals surface area contributed by atoms with Gasteiger partial charge in [-0.05, 0) is 40.5 Å². The minimum absolute atomic E-state index is 0.485. The molecule has 0 atom stereocenters. The molecule has 0 radical (unpaired) electrons. The number of nitrogens with zero attached hydrogens (tertiary/aromatic N) is 3. The number of benzene rings is 3. The number of hydrogen-bond acceptors (Lipinski definition) is 2. The van der Waals surface area contributed by atoms with E-state index in [-0.39, 0.29) is 0 Å². The van der Waals surface area contributed by atoms with E-state index in [0.717, 1.165) is 22.5 Å². The summed E-state index contributed by atoms with van der Waals surface area (Å²) in [7, 11) is 0. The number of rotatable bonds is 8. The number of allylic oxidation sites excluding steroid dienone is 1. The van der Waals surface area contributed by atoms with Crippen molar-refractivity contribution in [3.05, 3.63) is 126 Å². The minimum atomic E-state index is -0.627. The van der Waals surface area contributed by atoms with Gasteiger partial charge in [0.05, 0.1) is 0 Å². The van der Waals surface area contributed by atoms with Crippen LogP contribution in [0.3, 0.4) is 0 Å². The summed E-state index contributed by atoms with van der Waals surface area (Å²) in [6.07, 6.45) is 6.21. The molecule has 3 nitrogen and oxygen atoms in total. The maximum atomic E-state index is 5.02. The van der Waals surface area contributed by atoms with E-state index in [1.807, 2.05) is 11.0 Å². The Labute approximate surface area is 197 Å². The standard InChI is InChI=1S/C30H33N3/c1-23(2)28(24(3)4)20-21-29-31-22-33(32-29)30(25-14-8-5-9-15-25,26-16-10-6-11-17-26)27-18-12-7-13-19-27/h5-24,28H,1-4H3. The largest absolute Gasteiger partial charge is 0.233 e. The van der Waals surface area contributed by atoms with Crippen LogP contribution in [-0.2, 0) is 5.54 Å². The van der Waals surface area contributed by atoms with Crippen molar-refractivity contribution in [2.75, 3.05) is 0 Å². The lowest BCUT2D eigenvalue weighted by molar-refractivity contribution is 0.357. The molecule has 0 saturated heterocycles. The first-order chi connectivity index (χ1) is 16.0. The van der Waals surface area contributed by atoms with Gasteiger partial charge in [0.2, 0.25) is 0 Å². The second kappa shape index (κ2) is 9.99.